The Morgan fingerprint density at radius 2 is 1.30 bits per heavy atom. The van der Waals surface area contributed by atoms with Crippen molar-refractivity contribution in [2.45, 2.75) is 147 Å². The molecule has 0 aliphatic rings. The number of rotatable bonds is 27. The van der Waals surface area contributed by atoms with Gasteiger partial charge >= 0.3 is 11.5 Å². The molecule has 0 aromatic heterocycles. The molecule has 3 unspecified atom stereocenters. The molecular weight excluding hydrogens is 515 g/mol. The topological polar surface area (TPSA) is 127 Å². The zero-order chi connectivity index (χ0) is 28.0. The average Bonchev–Trinajstić information content (AvgIpc) is 2.86. The maximum atomic E-state index is 13.2. The van der Waals surface area contributed by atoms with Gasteiger partial charge in [0.1, 0.15) is 0 Å². The molecule has 0 fully saturated rings. The van der Waals surface area contributed by atoms with Gasteiger partial charge in [-0.05, 0) is 26.2 Å². The van der Waals surface area contributed by atoms with E-state index in [4.69, 9.17) is 14.6 Å². The third kappa shape index (κ3) is 17.6. The molecule has 3 atom stereocenters. The minimum atomic E-state index is -3.32. The third-order valence-corrected chi connectivity index (χ3v) is 9.70. The number of carbonyl (C=O) groups is 1. The third-order valence-electron chi connectivity index (χ3n) is 6.73. The molecule has 0 radical (unpaired) electrons. The Morgan fingerprint density at radius 1 is 0.811 bits per heavy atom. The van der Waals surface area contributed by atoms with E-state index in [9.17, 15) is 22.9 Å². The molecule has 220 valence electrons. The SMILES string of the molecule is CCCCCCCCCCCCS(=O)(=O)C(CCCCCCC)C(C)OCCCOC(O)(P=O)C(=O)O. The van der Waals surface area contributed by atoms with Crippen LogP contribution in [0.25, 0.3) is 0 Å². The lowest BCUT2D eigenvalue weighted by Crippen LogP contribution is -2.37. The van der Waals surface area contributed by atoms with Gasteiger partial charge in [0.2, 0.25) is 8.46 Å². The summed E-state index contributed by atoms with van der Waals surface area (Å²) in [6, 6.07) is 0. The van der Waals surface area contributed by atoms with Gasteiger partial charge in [0.05, 0.1) is 23.7 Å². The number of ether oxygens (including phenoxy) is 2. The van der Waals surface area contributed by atoms with Crippen LogP contribution in [0.2, 0.25) is 0 Å². The van der Waals surface area contributed by atoms with Crippen LogP contribution in [-0.4, -0.2) is 60.4 Å². The first-order chi connectivity index (χ1) is 17.6. The molecule has 2 N–H and O–H groups in total. The second kappa shape index (κ2) is 22.2. The summed E-state index contributed by atoms with van der Waals surface area (Å²) in [6.07, 6.45) is 17.0. The molecule has 0 rings (SSSR count). The summed E-state index contributed by atoms with van der Waals surface area (Å²) in [4.78, 5) is 10.9. The summed E-state index contributed by atoms with van der Waals surface area (Å²) in [5.41, 5.74) is -2.77. The fourth-order valence-corrected chi connectivity index (χ4v) is 6.69. The standard InChI is InChI=1S/C27H53O8PS/c1-4-6-8-10-11-12-13-14-16-18-23-37(32,33)25(20-17-15-9-7-5-2)24(3)34-21-19-22-35-27(30,36-31)26(28)29/h24-25,30H,4-23H2,1-3H3,(H,28,29). The van der Waals surface area contributed by atoms with Crippen LogP contribution in [0.5, 0.6) is 0 Å². The lowest BCUT2D eigenvalue weighted by molar-refractivity contribution is -0.190. The van der Waals surface area contributed by atoms with Crippen LogP contribution in [0, 0.1) is 0 Å². The Labute approximate surface area is 227 Å². The van der Waals surface area contributed by atoms with Gasteiger partial charge in [0.25, 0.3) is 0 Å². The molecule has 0 heterocycles. The van der Waals surface area contributed by atoms with Crippen molar-refractivity contribution < 1.29 is 37.5 Å². The Morgan fingerprint density at radius 3 is 1.78 bits per heavy atom. The number of hydrogen-bond acceptors (Lipinski definition) is 7. The molecule has 0 spiro atoms. The van der Waals surface area contributed by atoms with Crippen LogP contribution in [0.3, 0.4) is 0 Å². The van der Waals surface area contributed by atoms with Crippen molar-refractivity contribution in [1.29, 1.82) is 0 Å². The van der Waals surface area contributed by atoms with Gasteiger partial charge in [-0.1, -0.05) is 104 Å². The smallest absolute Gasteiger partial charge is 0.377 e. The van der Waals surface area contributed by atoms with Crippen LogP contribution < -0.4 is 0 Å². The molecule has 8 nitrogen and oxygen atoms in total. The molecule has 0 saturated carbocycles. The molecular formula is C27H53O8PS. The molecule has 0 amide bonds. The van der Waals surface area contributed by atoms with E-state index in [1.54, 1.807) is 6.92 Å². The maximum absolute atomic E-state index is 13.2. The Balaban J connectivity index is 4.59. The zero-order valence-electron chi connectivity index (χ0n) is 23.5. The number of carboxylic acids is 1. The number of aliphatic hydroxyl groups is 1. The zero-order valence-corrected chi connectivity index (χ0v) is 25.2. The first kappa shape index (κ1) is 36.4. The van der Waals surface area contributed by atoms with Crippen LogP contribution >= 0.6 is 8.46 Å². The minimum absolute atomic E-state index is 0.146. The first-order valence-electron chi connectivity index (χ1n) is 14.4. The number of sulfone groups is 1. The molecule has 0 aromatic rings. The summed E-state index contributed by atoms with van der Waals surface area (Å²) >= 11 is 0. The lowest BCUT2D eigenvalue weighted by Gasteiger charge is -2.25. The highest BCUT2D eigenvalue weighted by Crippen LogP contribution is 2.23. The largest absolute Gasteiger partial charge is 0.477 e. The van der Waals surface area contributed by atoms with E-state index in [-0.39, 0.29) is 25.4 Å². The summed E-state index contributed by atoms with van der Waals surface area (Å²) in [6.45, 7) is 6.10. The van der Waals surface area contributed by atoms with Gasteiger partial charge in [-0.2, -0.15) is 0 Å². The van der Waals surface area contributed by atoms with Crippen molar-refractivity contribution in [3.05, 3.63) is 0 Å². The molecule has 0 aromatic carbocycles. The predicted molar refractivity (Wildman–Crippen MR) is 149 cm³/mol. The van der Waals surface area contributed by atoms with Crippen LogP contribution in [0.15, 0.2) is 0 Å². The van der Waals surface area contributed by atoms with E-state index in [0.29, 0.717) is 12.8 Å². The lowest BCUT2D eigenvalue weighted by atomic mass is 10.1. The van der Waals surface area contributed by atoms with Gasteiger partial charge in [0, 0.05) is 6.61 Å². The van der Waals surface area contributed by atoms with E-state index in [1.165, 1.54) is 38.5 Å². The molecule has 0 aliphatic heterocycles. The summed E-state index contributed by atoms with van der Waals surface area (Å²) < 4.78 is 47.9. The van der Waals surface area contributed by atoms with E-state index in [1.807, 2.05) is 0 Å². The normalized spacial score (nSPS) is 15.5. The predicted octanol–water partition coefficient (Wildman–Crippen LogP) is 6.89. The van der Waals surface area contributed by atoms with Crippen LogP contribution in [0.4, 0.5) is 0 Å². The monoisotopic (exact) mass is 568 g/mol. The van der Waals surface area contributed by atoms with Gasteiger partial charge in [0.15, 0.2) is 9.84 Å². The second-order valence-corrected chi connectivity index (χ2v) is 13.2. The van der Waals surface area contributed by atoms with Crippen molar-refractivity contribution in [3.63, 3.8) is 0 Å². The fourth-order valence-electron chi connectivity index (χ4n) is 4.37. The van der Waals surface area contributed by atoms with E-state index in [0.717, 1.165) is 51.4 Å². The summed E-state index contributed by atoms with van der Waals surface area (Å²) in [7, 11) is -4.38. The number of unbranched alkanes of at least 4 members (excludes halogenated alkanes) is 13. The quantitative estimate of drug-likeness (QED) is 0.0623. The molecule has 10 heteroatoms. The second-order valence-electron chi connectivity index (χ2n) is 10.1. The van der Waals surface area contributed by atoms with Crippen molar-refractivity contribution in [2.75, 3.05) is 19.0 Å². The average molecular weight is 569 g/mol. The Bertz CT molecular complexity index is 688. The molecule has 37 heavy (non-hydrogen) atoms. The van der Waals surface area contributed by atoms with Gasteiger partial charge < -0.3 is 19.7 Å². The first-order valence-corrected chi connectivity index (χ1v) is 16.9. The molecule has 0 aliphatic carbocycles. The number of hydrogen-bond donors (Lipinski definition) is 2. The fraction of sp³-hybridized carbons (Fsp3) is 0.963. The van der Waals surface area contributed by atoms with Crippen molar-refractivity contribution in [1.82, 2.24) is 0 Å². The summed E-state index contributed by atoms with van der Waals surface area (Å²) in [5, 5.41) is 17.9. The minimum Gasteiger partial charge on any atom is -0.477 e. The van der Waals surface area contributed by atoms with Crippen LogP contribution in [0.1, 0.15) is 130 Å². The van der Waals surface area contributed by atoms with Crippen molar-refractivity contribution in [3.8, 4) is 0 Å². The van der Waals surface area contributed by atoms with E-state index < -0.39 is 41.1 Å². The van der Waals surface area contributed by atoms with Gasteiger partial charge in [-0.3, -0.25) is 4.57 Å². The van der Waals surface area contributed by atoms with Gasteiger partial charge in [-0.25, -0.2) is 13.2 Å². The van der Waals surface area contributed by atoms with E-state index in [2.05, 4.69) is 13.8 Å². The highest BCUT2D eigenvalue weighted by molar-refractivity contribution is 7.92. The maximum Gasteiger partial charge on any atom is 0.377 e. The Kier molecular flexibility index (Phi) is 21.9. The number of carboxylic acid groups (broad SMARTS) is 1. The van der Waals surface area contributed by atoms with Crippen molar-refractivity contribution >= 4 is 24.3 Å². The van der Waals surface area contributed by atoms with Gasteiger partial charge in [-0.15, -0.1) is 0 Å². The Hall–Kier alpha value is -0.600. The van der Waals surface area contributed by atoms with Crippen LogP contribution in [-0.2, 0) is 28.7 Å². The number of aliphatic carboxylic acids is 1. The molecule has 0 saturated heterocycles. The summed E-state index contributed by atoms with van der Waals surface area (Å²) in [5.74, 6) is -1.56. The van der Waals surface area contributed by atoms with E-state index >= 15 is 0 Å². The highest BCUT2D eigenvalue weighted by atomic mass is 32.2. The van der Waals surface area contributed by atoms with Crippen molar-refractivity contribution in [2.24, 2.45) is 0 Å². The molecule has 0 bridgehead atoms. The highest BCUT2D eigenvalue weighted by Gasteiger charge is 2.39.